The Morgan fingerprint density at radius 3 is 1.83 bits per heavy atom. The highest BCUT2D eigenvalue weighted by molar-refractivity contribution is 6.84. The Morgan fingerprint density at radius 2 is 1.50 bits per heavy atom. The Morgan fingerprint density at radius 1 is 1.00 bits per heavy atom. The molecule has 0 fully saturated rings. The van der Waals surface area contributed by atoms with Gasteiger partial charge in [-0.05, 0) is 37.3 Å². The number of nitrogens with zero attached hydrogens (tertiary/aromatic N) is 1. The van der Waals surface area contributed by atoms with Crippen LogP contribution < -0.4 is 0 Å². The third-order valence-electron chi connectivity index (χ3n) is 4.58. The summed E-state index contributed by atoms with van der Waals surface area (Å²) in [5.41, 5.74) is 2.27. The van der Waals surface area contributed by atoms with Crippen molar-refractivity contribution in [3.63, 3.8) is 0 Å². The van der Waals surface area contributed by atoms with E-state index in [9.17, 15) is 0 Å². The second kappa shape index (κ2) is 8.33. The maximum Gasteiger partial charge on any atom is 0.127 e. The van der Waals surface area contributed by atoms with Gasteiger partial charge in [-0.15, -0.1) is 12.3 Å². The van der Waals surface area contributed by atoms with Gasteiger partial charge in [0.15, 0.2) is 0 Å². The maximum atomic E-state index is 4.08. The molecule has 0 spiro atoms. The zero-order valence-electron chi connectivity index (χ0n) is 13.7. The molecule has 0 aromatic heterocycles. The third kappa shape index (κ3) is 5.02. The lowest BCUT2D eigenvalue weighted by Gasteiger charge is -2.44. The molecule has 0 rings (SSSR count). The first-order chi connectivity index (χ1) is 8.41. The SMILES string of the molecule is C=C[Si](C)(C)CN(CCCC)[Si](CC)(CC)CC. The Balaban J connectivity index is 5.00. The third-order valence-corrected chi connectivity index (χ3v) is 12.9. The van der Waals surface area contributed by atoms with Crippen LogP contribution in [0.4, 0.5) is 0 Å². The molecule has 0 saturated heterocycles. The molecule has 0 saturated carbocycles. The van der Waals surface area contributed by atoms with Crippen molar-refractivity contribution in [1.29, 1.82) is 0 Å². The second-order valence-corrected chi connectivity index (χ2v) is 16.2. The van der Waals surface area contributed by atoms with E-state index in [0.29, 0.717) is 0 Å². The van der Waals surface area contributed by atoms with Crippen LogP contribution in [0.1, 0.15) is 40.5 Å². The molecule has 0 aromatic carbocycles. The van der Waals surface area contributed by atoms with Crippen molar-refractivity contribution in [1.82, 2.24) is 4.57 Å². The van der Waals surface area contributed by atoms with Gasteiger partial charge in [0.05, 0.1) is 8.07 Å². The first-order valence-electron chi connectivity index (χ1n) is 7.80. The summed E-state index contributed by atoms with van der Waals surface area (Å²) in [4.78, 5) is 0. The Kier molecular flexibility index (Phi) is 8.40. The average Bonchev–Trinajstić information content (AvgIpc) is 2.38. The van der Waals surface area contributed by atoms with Crippen molar-refractivity contribution in [3.8, 4) is 0 Å². The van der Waals surface area contributed by atoms with Crippen LogP contribution in [-0.4, -0.2) is 33.6 Å². The summed E-state index contributed by atoms with van der Waals surface area (Å²) in [5, 5.41) is 0. The second-order valence-electron chi connectivity index (χ2n) is 6.25. The highest BCUT2D eigenvalue weighted by atomic mass is 28.3. The van der Waals surface area contributed by atoms with E-state index in [1.807, 2.05) is 0 Å². The normalized spacial score (nSPS) is 13.1. The molecule has 0 unspecified atom stereocenters. The van der Waals surface area contributed by atoms with Gasteiger partial charge in [-0.3, -0.25) is 0 Å². The van der Waals surface area contributed by atoms with Crippen molar-refractivity contribution < 1.29 is 0 Å². The first-order valence-corrected chi connectivity index (χ1v) is 13.6. The van der Waals surface area contributed by atoms with E-state index >= 15 is 0 Å². The van der Waals surface area contributed by atoms with Crippen molar-refractivity contribution >= 4 is 16.3 Å². The molecular formula is C15H35NSi2. The summed E-state index contributed by atoms with van der Waals surface area (Å²) in [6.07, 6.45) is 4.00. The van der Waals surface area contributed by atoms with Crippen LogP contribution in [0.2, 0.25) is 31.2 Å². The van der Waals surface area contributed by atoms with Crippen LogP contribution in [0.25, 0.3) is 0 Å². The van der Waals surface area contributed by atoms with E-state index in [4.69, 9.17) is 0 Å². The van der Waals surface area contributed by atoms with Gasteiger partial charge in [0.1, 0.15) is 8.24 Å². The molecule has 0 aliphatic carbocycles. The zero-order chi connectivity index (χ0) is 14.2. The predicted molar refractivity (Wildman–Crippen MR) is 91.4 cm³/mol. The number of hydrogen-bond donors (Lipinski definition) is 0. The molecule has 0 aliphatic heterocycles. The average molecular weight is 286 g/mol. The minimum absolute atomic E-state index is 1.19. The quantitative estimate of drug-likeness (QED) is 0.507. The molecule has 0 aromatic rings. The lowest BCUT2D eigenvalue weighted by molar-refractivity contribution is 0.450. The smallest absolute Gasteiger partial charge is 0.127 e. The largest absolute Gasteiger partial charge is 0.325 e. The van der Waals surface area contributed by atoms with Crippen molar-refractivity contribution in [2.45, 2.75) is 71.8 Å². The zero-order valence-corrected chi connectivity index (χ0v) is 15.7. The first kappa shape index (κ1) is 18.1. The summed E-state index contributed by atoms with van der Waals surface area (Å²) in [5.74, 6) is 0. The van der Waals surface area contributed by atoms with Crippen LogP contribution in [0.15, 0.2) is 12.3 Å². The fourth-order valence-electron chi connectivity index (χ4n) is 2.81. The molecule has 0 N–H and O–H groups in total. The molecule has 0 atom stereocenters. The highest BCUT2D eigenvalue weighted by Gasteiger charge is 2.36. The summed E-state index contributed by atoms with van der Waals surface area (Å²) in [7, 11) is -2.41. The minimum atomic E-state index is -1.22. The molecule has 0 radical (unpaired) electrons. The van der Waals surface area contributed by atoms with E-state index in [0.717, 1.165) is 0 Å². The molecule has 0 amide bonds. The summed E-state index contributed by atoms with van der Waals surface area (Å²) < 4.78 is 2.93. The van der Waals surface area contributed by atoms with E-state index < -0.39 is 16.3 Å². The van der Waals surface area contributed by atoms with Gasteiger partial charge in [-0.1, -0.05) is 47.2 Å². The predicted octanol–water partition coefficient (Wildman–Crippen LogP) is 5.07. The Labute approximate surface area is 118 Å². The summed E-state index contributed by atoms with van der Waals surface area (Å²) in [6, 6.07) is 4.22. The molecule has 0 aliphatic rings. The minimum Gasteiger partial charge on any atom is -0.325 e. The van der Waals surface area contributed by atoms with Gasteiger partial charge >= 0.3 is 0 Å². The fraction of sp³-hybridized carbons (Fsp3) is 0.867. The highest BCUT2D eigenvalue weighted by Crippen LogP contribution is 2.27. The van der Waals surface area contributed by atoms with Crippen LogP contribution in [0.5, 0.6) is 0 Å². The molecular weight excluding hydrogens is 250 g/mol. The Hall–Kier alpha value is 0.134. The molecule has 108 valence electrons. The molecule has 3 heteroatoms. The van der Waals surface area contributed by atoms with E-state index in [1.54, 1.807) is 0 Å². The van der Waals surface area contributed by atoms with Gasteiger partial charge < -0.3 is 4.57 Å². The number of hydrogen-bond acceptors (Lipinski definition) is 1. The van der Waals surface area contributed by atoms with Crippen molar-refractivity contribution in [3.05, 3.63) is 12.3 Å². The lowest BCUT2D eigenvalue weighted by Crippen LogP contribution is -2.57. The van der Waals surface area contributed by atoms with Crippen LogP contribution in [0, 0.1) is 0 Å². The monoisotopic (exact) mass is 285 g/mol. The van der Waals surface area contributed by atoms with E-state index in [1.165, 1.54) is 43.7 Å². The van der Waals surface area contributed by atoms with E-state index in [-0.39, 0.29) is 0 Å². The molecule has 1 nitrogen and oxygen atoms in total. The summed E-state index contributed by atoms with van der Waals surface area (Å²) in [6.45, 7) is 19.9. The van der Waals surface area contributed by atoms with Gasteiger partial charge in [0.2, 0.25) is 0 Å². The van der Waals surface area contributed by atoms with Gasteiger partial charge in [0.25, 0.3) is 0 Å². The van der Waals surface area contributed by atoms with Crippen molar-refractivity contribution in [2.24, 2.45) is 0 Å². The fourth-order valence-corrected chi connectivity index (χ4v) is 10.1. The maximum absolute atomic E-state index is 4.08. The summed E-state index contributed by atoms with van der Waals surface area (Å²) >= 11 is 0. The number of rotatable bonds is 10. The topological polar surface area (TPSA) is 3.24 Å². The molecule has 0 heterocycles. The lowest BCUT2D eigenvalue weighted by atomic mass is 10.3. The van der Waals surface area contributed by atoms with Gasteiger partial charge in [0, 0.05) is 0 Å². The number of unbranched alkanes of at least 4 members (excludes halogenated alkanes) is 1. The molecule has 18 heavy (non-hydrogen) atoms. The van der Waals surface area contributed by atoms with E-state index in [2.05, 4.69) is 57.6 Å². The molecule has 0 bridgehead atoms. The standard InChI is InChI=1S/C15H35NSi2/c1-8-13-14-16(15-17(6,7)9-2)18(10-3,11-4)12-5/h9H,2,8,10-15H2,1,3-7H3. The van der Waals surface area contributed by atoms with Gasteiger partial charge in [-0.25, -0.2) is 0 Å². The van der Waals surface area contributed by atoms with Crippen LogP contribution >= 0.6 is 0 Å². The van der Waals surface area contributed by atoms with Crippen molar-refractivity contribution in [2.75, 3.05) is 12.7 Å². The van der Waals surface area contributed by atoms with Gasteiger partial charge in [-0.2, -0.15) is 0 Å². The van der Waals surface area contributed by atoms with Crippen LogP contribution in [0.3, 0.4) is 0 Å². The van der Waals surface area contributed by atoms with Crippen LogP contribution in [-0.2, 0) is 0 Å². The Bertz CT molecular complexity index is 226.